The molecule has 0 fully saturated rings. The normalized spacial score (nSPS) is 12.9. The van der Waals surface area contributed by atoms with E-state index >= 15 is 0 Å². The van der Waals surface area contributed by atoms with E-state index in [1.54, 1.807) is 6.07 Å². The summed E-state index contributed by atoms with van der Waals surface area (Å²) in [5.74, 6) is 0.119. The number of nitrogens with zero attached hydrogens (tertiary/aromatic N) is 1. The van der Waals surface area contributed by atoms with Crippen molar-refractivity contribution in [2.24, 2.45) is 0 Å². The van der Waals surface area contributed by atoms with Crippen molar-refractivity contribution in [1.29, 1.82) is 0 Å². The van der Waals surface area contributed by atoms with E-state index in [1.165, 1.54) is 5.56 Å². The van der Waals surface area contributed by atoms with E-state index in [-0.39, 0.29) is 16.7 Å². The van der Waals surface area contributed by atoms with E-state index in [0.29, 0.717) is 12.1 Å². The predicted octanol–water partition coefficient (Wildman–Crippen LogP) is 9.10. The summed E-state index contributed by atoms with van der Waals surface area (Å²) in [6.07, 6.45) is -4.58. The van der Waals surface area contributed by atoms with Gasteiger partial charge in [-0.1, -0.05) is 72.8 Å². The Kier molecular flexibility index (Phi) is 8.36. The molecule has 4 nitrogen and oxygen atoms in total. The molecule has 0 bridgehead atoms. The lowest BCUT2D eigenvalue weighted by atomic mass is 9.89. The van der Waals surface area contributed by atoms with Crippen LogP contribution < -0.4 is 4.18 Å². The molecule has 0 aliphatic rings. The number of aryl methyl sites for hydroxylation is 2. The lowest BCUT2D eigenvalue weighted by Crippen LogP contribution is -2.22. The molecule has 0 unspecified atom stereocenters. The number of halogens is 3. The Morgan fingerprint density at radius 3 is 2.14 bits per heavy atom. The highest BCUT2D eigenvalue weighted by atomic mass is 32.2. The third kappa shape index (κ3) is 6.45. The molecule has 1 atom stereocenters. The molecule has 0 radical (unpaired) electrons. The van der Waals surface area contributed by atoms with E-state index in [0.717, 1.165) is 57.3 Å². The van der Waals surface area contributed by atoms with Crippen LogP contribution in [0, 0.1) is 13.8 Å². The van der Waals surface area contributed by atoms with Gasteiger partial charge in [0, 0.05) is 18.2 Å². The van der Waals surface area contributed by atoms with E-state index < -0.39 is 21.9 Å². The van der Waals surface area contributed by atoms with E-state index in [9.17, 15) is 21.6 Å². The van der Waals surface area contributed by atoms with Crippen LogP contribution in [0.5, 0.6) is 5.75 Å². The predicted molar refractivity (Wildman–Crippen MR) is 164 cm³/mol. The number of fused-ring (bicyclic) bond motifs is 1. The molecule has 222 valence electrons. The highest BCUT2D eigenvalue weighted by molar-refractivity contribution is 7.87. The van der Waals surface area contributed by atoms with Crippen molar-refractivity contribution in [2.45, 2.75) is 44.4 Å². The van der Waals surface area contributed by atoms with Gasteiger partial charge in [0.1, 0.15) is 4.90 Å². The van der Waals surface area contributed by atoms with Crippen molar-refractivity contribution in [2.75, 3.05) is 7.05 Å². The summed E-state index contributed by atoms with van der Waals surface area (Å²) < 4.78 is 72.0. The molecule has 0 aliphatic heterocycles. The molecule has 5 aromatic carbocycles. The van der Waals surface area contributed by atoms with Crippen LogP contribution in [0.1, 0.15) is 40.8 Å². The van der Waals surface area contributed by atoms with Crippen LogP contribution in [0.2, 0.25) is 0 Å². The molecule has 0 spiro atoms. The fourth-order valence-corrected chi connectivity index (χ4v) is 6.36. The second-order valence-corrected chi connectivity index (χ2v) is 12.4. The maximum atomic E-state index is 13.4. The van der Waals surface area contributed by atoms with Gasteiger partial charge in [0.25, 0.3) is 0 Å². The average Bonchev–Trinajstić information content (AvgIpc) is 2.97. The van der Waals surface area contributed by atoms with Gasteiger partial charge in [-0.25, -0.2) is 0 Å². The van der Waals surface area contributed by atoms with Crippen LogP contribution in [-0.2, 0) is 22.8 Å². The van der Waals surface area contributed by atoms with Crippen LogP contribution in [0.3, 0.4) is 0 Å². The molecule has 0 saturated heterocycles. The van der Waals surface area contributed by atoms with Crippen LogP contribution in [0.25, 0.3) is 21.9 Å². The number of rotatable bonds is 8. The molecule has 0 amide bonds. The Hall–Kier alpha value is -4.14. The maximum absolute atomic E-state index is 13.4. The molecule has 0 heterocycles. The fraction of sp³-hybridized carbons (Fsp3) is 0.200. The molecule has 8 heteroatoms. The third-order valence-corrected chi connectivity index (χ3v) is 8.99. The second kappa shape index (κ2) is 11.9. The third-order valence-electron chi connectivity index (χ3n) is 7.74. The van der Waals surface area contributed by atoms with Crippen molar-refractivity contribution in [3.05, 3.63) is 131 Å². The first-order chi connectivity index (χ1) is 20.3. The van der Waals surface area contributed by atoms with Gasteiger partial charge < -0.3 is 4.18 Å². The molecule has 5 aromatic rings. The Morgan fingerprint density at radius 1 is 0.814 bits per heavy atom. The lowest BCUT2D eigenvalue weighted by Gasteiger charge is -2.27. The molecule has 0 aliphatic carbocycles. The largest absolute Gasteiger partial charge is 0.416 e. The Labute approximate surface area is 250 Å². The minimum Gasteiger partial charge on any atom is -0.378 e. The first-order valence-corrected chi connectivity index (χ1v) is 15.2. The summed E-state index contributed by atoms with van der Waals surface area (Å²) in [5, 5.41) is 1.92. The highest BCUT2D eigenvalue weighted by Gasteiger charge is 2.31. The minimum atomic E-state index is -4.58. The van der Waals surface area contributed by atoms with Crippen molar-refractivity contribution in [3.63, 3.8) is 0 Å². The zero-order valence-corrected chi connectivity index (χ0v) is 25.1. The molecule has 5 rings (SSSR count). The summed E-state index contributed by atoms with van der Waals surface area (Å²) in [4.78, 5) is 1.87. The average molecular weight is 604 g/mol. The van der Waals surface area contributed by atoms with Gasteiger partial charge >= 0.3 is 16.3 Å². The zero-order chi connectivity index (χ0) is 30.9. The van der Waals surface area contributed by atoms with E-state index in [1.807, 2.05) is 69.4 Å². The summed E-state index contributed by atoms with van der Waals surface area (Å²) in [5.41, 5.74) is 4.28. The van der Waals surface area contributed by atoms with Gasteiger partial charge in [-0.3, -0.25) is 4.90 Å². The first kappa shape index (κ1) is 30.3. The van der Waals surface area contributed by atoms with Crippen molar-refractivity contribution in [3.8, 4) is 16.9 Å². The Morgan fingerprint density at radius 2 is 1.47 bits per heavy atom. The fourth-order valence-electron chi connectivity index (χ4n) is 5.43. The smallest absolute Gasteiger partial charge is 0.378 e. The summed E-state index contributed by atoms with van der Waals surface area (Å²) in [7, 11) is -2.41. The molecular formula is C35H32F3NO3S. The second-order valence-electron chi connectivity index (χ2n) is 10.8. The van der Waals surface area contributed by atoms with Gasteiger partial charge in [0.15, 0.2) is 5.75 Å². The topological polar surface area (TPSA) is 46.6 Å². The summed E-state index contributed by atoms with van der Waals surface area (Å²) in [6.45, 7) is 6.45. The molecule has 0 N–H and O–H groups in total. The van der Waals surface area contributed by atoms with E-state index in [2.05, 4.69) is 36.1 Å². The molecule has 0 aromatic heterocycles. The van der Waals surface area contributed by atoms with Crippen molar-refractivity contribution >= 4 is 20.9 Å². The van der Waals surface area contributed by atoms with Gasteiger partial charge in [-0.05, 0) is 96.7 Å². The Balaban J connectivity index is 1.63. The van der Waals surface area contributed by atoms with Gasteiger partial charge in [-0.15, -0.1) is 0 Å². The van der Waals surface area contributed by atoms with E-state index in [4.69, 9.17) is 4.18 Å². The van der Waals surface area contributed by atoms with Gasteiger partial charge in [0.05, 0.1) is 5.56 Å². The maximum Gasteiger partial charge on any atom is 0.416 e. The summed E-state index contributed by atoms with van der Waals surface area (Å²) in [6, 6.07) is 29.2. The first-order valence-electron chi connectivity index (χ1n) is 13.8. The number of alkyl halides is 3. The SMILES string of the molecule is Cc1cc(C)c(-c2c(CN(C)[C@H](C)c3ccccc3)ccc3ccccc23)c(OS(=O)(=O)c2ccc(C(F)(F)F)cc2)c1. The number of benzene rings is 5. The number of hydrogen-bond acceptors (Lipinski definition) is 4. The van der Waals surface area contributed by atoms with Gasteiger partial charge in [-0.2, -0.15) is 21.6 Å². The standard InChI is InChI=1S/C35H32F3NO3S/c1-23-20-24(2)33(32(21-23)42-43(40,41)30-18-16-29(17-19-30)35(36,37)38)34-28(15-14-27-12-8-9-13-31(27)34)22-39(4)25(3)26-10-6-5-7-11-26/h5-21,25H,22H2,1-4H3/t25-/m1/s1. The van der Waals surface area contributed by atoms with Crippen LogP contribution >= 0.6 is 0 Å². The van der Waals surface area contributed by atoms with Crippen LogP contribution in [0.15, 0.2) is 108 Å². The molecular weight excluding hydrogens is 571 g/mol. The quantitative estimate of drug-likeness (QED) is 0.166. The zero-order valence-electron chi connectivity index (χ0n) is 24.3. The minimum absolute atomic E-state index is 0.107. The summed E-state index contributed by atoms with van der Waals surface area (Å²) >= 11 is 0. The lowest BCUT2D eigenvalue weighted by molar-refractivity contribution is -0.137. The number of hydrogen-bond donors (Lipinski definition) is 0. The monoisotopic (exact) mass is 603 g/mol. The molecule has 0 saturated carbocycles. The highest BCUT2D eigenvalue weighted by Crippen LogP contribution is 2.42. The van der Waals surface area contributed by atoms with Gasteiger partial charge in [0.2, 0.25) is 0 Å². The van der Waals surface area contributed by atoms with Crippen molar-refractivity contribution in [1.82, 2.24) is 4.90 Å². The Bertz CT molecular complexity index is 1870. The van der Waals surface area contributed by atoms with Crippen molar-refractivity contribution < 1.29 is 25.8 Å². The van der Waals surface area contributed by atoms with Crippen LogP contribution in [-0.4, -0.2) is 20.4 Å². The molecule has 43 heavy (non-hydrogen) atoms. The van der Waals surface area contributed by atoms with Crippen LogP contribution in [0.4, 0.5) is 13.2 Å².